The number of carbonyl (C=O) groups excluding carboxylic acids is 2. The third-order valence-corrected chi connectivity index (χ3v) is 4.54. The summed E-state index contributed by atoms with van der Waals surface area (Å²) < 4.78 is 5.45. The number of amides is 1. The number of hydrazone groups is 1. The number of rotatable bonds is 7. The van der Waals surface area contributed by atoms with Crippen molar-refractivity contribution in [3.8, 4) is 5.75 Å². The molecule has 31 heavy (non-hydrogen) atoms. The minimum atomic E-state index is -0.639. The number of non-ortho nitro benzene ring substituents is 1. The lowest BCUT2D eigenvalue weighted by Gasteiger charge is -2.09. The van der Waals surface area contributed by atoms with Crippen LogP contribution in [0.3, 0.4) is 0 Å². The molecule has 1 aromatic heterocycles. The summed E-state index contributed by atoms with van der Waals surface area (Å²) in [5.41, 5.74) is 3.04. The van der Waals surface area contributed by atoms with Crippen molar-refractivity contribution in [3.05, 3.63) is 74.9 Å². The number of fused-ring (bicyclic) bond motifs is 1. The molecule has 3 rings (SSSR count). The highest BCUT2D eigenvalue weighted by Crippen LogP contribution is 2.25. The largest absolute Gasteiger partial charge is 0.494 e. The first kappa shape index (κ1) is 21.8. The van der Waals surface area contributed by atoms with Gasteiger partial charge in [-0.05, 0) is 37.3 Å². The first-order chi connectivity index (χ1) is 14.8. The number of nitro benzene ring substituents is 1. The maximum atomic E-state index is 12.3. The number of benzene rings is 2. The Balaban J connectivity index is 1.91. The van der Waals surface area contributed by atoms with Gasteiger partial charge in [0.2, 0.25) is 0 Å². The van der Waals surface area contributed by atoms with Crippen molar-refractivity contribution >= 4 is 45.6 Å². The number of nitrogens with zero attached hydrogens (tertiary/aromatic N) is 3. The predicted octanol–water partition coefficient (Wildman–Crippen LogP) is 3.92. The maximum Gasteiger partial charge on any atom is 0.271 e. The summed E-state index contributed by atoms with van der Waals surface area (Å²) >= 11 is 6.29. The van der Waals surface area contributed by atoms with Crippen LogP contribution in [0, 0.1) is 10.1 Å². The second-order valence-corrected chi connectivity index (χ2v) is 6.73. The van der Waals surface area contributed by atoms with Crippen molar-refractivity contribution in [2.75, 3.05) is 6.61 Å². The fourth-order valence-electron chi connectivity index (χ4n) is 2.78. The van der Waals surface area contributed by atoms with Crippen LogP contribution in [0.25, 0.3) is 10.9 Å². The number of nitro groups is 1. The van der Waals surface area contributed by atoms with Crippen molar-refractivity contribution in [1.82, 2.24) is 10.4 Å². The second kappa shape index (κ2) is 9.31. The van der Waals surface area contributed by atoms with Crippen LogP contribution in [0.2, 0.25) is 5.15 Å². The molecule has 0 spiro atoms. The quantitative estimate of drug-likeness (QED) is 0.257. The van der Waals surface area contributed by atoms with Gasteiger partial charge in [0.25, 0.3) is 11.6 Å². The Hall–Kier alpha value is -3.85. The first-order valence-corrected chi connectivity index (χ1v) is 9.55. The molecule has 0 fully saturated rings. The molecule has 0 unspecified atom stereocenters. The number of hydrogen-bond acceptors (Lipinski definition) is 7. The Labute approximate surface area is 181 Å². The van der Waals surface area contributed by atoms with E-state index in [4.69, 9.17) is 16.3 Å². The molecule has 1 N–H and O–H groups in total. The van der Waals surface area contributed by atoms with E-state index in [0.717, 1.165) is 0 Å². The average Bonchev–Trinajstić information content (AvgIpc) is 2.74. The van der Waals surface area contributed by atoms with E-state index in [0.29, 0.717) is 23.3 Å². The lowest BCUT2D eigenvalue weighted by atomic mass is 10.1. The molecule has 0 saturated heterocycles. The van der Waals surface area contributed by atoms with Crippen LogP contribution in [-0.2, 0) is 4.79 Å². The number of halogens is 1. The van der Waals surface area contributed by atoms with Gasteiger partial charge in [-0.2, -0.15) is 5.10 Å². The van der Waals surface area contributed by atoms with Crippen LogP contribution in [-0.4, -0.2) is 33.9 Å². The summed E-state index contributed by atoms with van der Waals surface area (Å²) in [6, 6.07) is 11.9. The number of ether oxygens (including phenoxy) is 1. The van der Waals surface area contributed by atoms with Crippen LogP contribution in [0.15, 0.2) is 53.6 Å². The summed E-state index contributed by atoms with van der Waals surface area (Å²) in [5, 5.41) is 15.4. The smallest absolute Gasteiger partial charge is 0.271 e. The number of nitrogens with one attached hydrogen (secondary N) is 1. The molecule has 1 heterocycles. The molecule has 0 aliphatic carbocycles. The van der Waals surface area contributed by atoms with Crippen molar-refractivity contribution in [2.45, 2.75) is 13.8 Å². The number of ketones is 1. The summed E-state index contributed by atoms with van der Waals surface area (Å²) in [5.74, 6) is -0.431. The monoisotopic (exact) mass is 440 g/mol. The van der Waals surface area contributed by atoms with Gasteiger partial charge in [-0.25, -0.2) is 10.4 Å². The minimum Gasteiger partial charge on any atom is -0.494 e. The Morgan fingerprint density at radius 2 is 1.90 bits per heavy atom. The SMILES string of the molecule is CCOc1ccc2cc(/C(=N\NC(=O)c3ccc([N+](=O)[O-])cc3)C(C)=O)c(Cl)nc2c1. The Morgan fingerprint density at radius 1 is 1.19 bits per heavy atom. The maximum absolute atomic E-state index is 12.3. The molecule has 10 heteroatoms. The number of pyridine rings is 1. The van der Waals surface area contributed by atoms with Gasteiger partial charge in [0.05, 0.1) is 17.0 Å². The zero-order valence-electron chi connectivity index (χ0n) is 16.6. The van der Waals surface area contributed by atoms with Gasteiger partial charge in [-0.15, -0.1) is 0 Å². The highest BCUT2D eigenvalue weighted by molar-refractivity contribution is 6.49. The van der Waals surface area contributed by atoms with E-state index in [-0.39, 0.29) is 27.7 Å². The molecule has 0 bridgehead atoms. The predicted molar refractivity (Wildman–Crippen MR) is 116 cm³/mol. The fraction of sp³-hybridized carbons (Fsp3) is 0.143. The van der Waals surface area contributed by atoms with Crippen molar-refractivity contribution < 1.29 is 19.2 Å². The van der Waals surface area contributed by atoms with Crippen molar-refractivity contribution in [3.63, 3.8) is 0 Å². The van der Waals surface area contributed by atoms with Crippen molar-refractivity contribution in [1.29, 1.82) is 0 Å². The van der Waals surface area contributed by atoms with E-state index in [2.05, 4.69) is 15.5 Å². The standard InChI is InChI=1S/C21H17ClN4O5/c1-3-31-16-9-6-14-10-17(20(22)23-18(14)11-16)19(12(2)27)24-25-21(28)13-4-7-15(8-5-13)26(29)30/h4-11H,3H2,1-2H3,(H,25,28)/b24-19-. The van der Waals surface area contributed by atoms with Gasteiger partial charge in [0, 0.05) is 41.6 Å². The zero-order valence-corrected chi connectivity index (χ0v) is 17.3. The molecule has 1 amide bonds. The summed E-state index contributed by atoms with van der Waals surface area (Å²) in [6.45, 7) is 3.66. The van der Waals surface area contributed by atoms with Crippen LogP contribution in [0.4, 0.5) is 5.69 Å². The van der Waals surface area contributed by atoms with Gasteiger partial charge >= 0.3 is 0 Å². The highest BCUT2D eigenvalue weighted by Gasteiger charge is 2.17. The number of hydrogen-bond donors (Lipinski definition) is 1. The van der Waals surface area contributed by atoms with Crippen LogP contribution >= 0.6 is 11.6 Å². The summed E-state index contributed by atoms with van der Waals surface area (Å²) in [7, 11) is 0. The Bertz CT molecular complexity index is 1210. The molecule has 0 aliphatic heterocycles. The molecule has 0 atom stereocenters. The molecule has 0 aliphatic rings. The normalized spacial score (nSPS) is 11.3. The highest BCUT2D eigenvalue weighted by atomic mass is 35.5. The number of Topliss-reactive ketones (excluding diaryl/α,β-unsaturated/α-hetero) is 1. The van der Waals surface area contributed by atoms with Crippen LogP contribution in [0.5, 0.6) is 5.75 Å². The number of aromatic nitrogens is 1. The lowest BCUT2D eigenvalue weighted by molar-refractivity contribution is -0.384. The zero-order chi connectivity index (χ0) is 22.5. The van der Waals surface area contributed by atoms with Crippen molar-refractivity contribution in [2.24, 2.45) is 5.10 Å². The Kier molecular flexibility index (Phi) is 6.56. The summed E-state index contributed by atoms with van der Waals surface area (Å²) in [4.78, 5) is 39.0. The molecule has 158 valence electrons. The van der Waals surface area contributed by atoms with E-state index in [9.17, 15) is 19.7 Å². The molecule has 0 saturated carbocycles. The Morgan fingerprint density at radius 3 is 2.52 bits per heavy atom. The van der Waals surface area contributed by atoms with E-state index >= 15 is 0 Å². The topological polar surface area (TPSA) is 124 Å². The molecule has 3 aromatic rings. The van der Waals surface area contributed by atoms with E-state index in [1.165, 1.54) is 31.2 Å². The third kappa shape index (κ3) is 5.01. The van der Waals surface area contributed by atoms with Gasteiger partial charge in [0.1, 0.15) is 16.6 Å². The molecule has 0 radical (unpaired) electrons. The van der Waals surface area contributed by atoms with Crippen LogP contribution in [0.1, 0.15) is 29.8 Å². The van der Waals surface area contributed by atoms with E-state index in [1.807, 2.05) is 6.92 Å². The molecule has 2 aromatic carbocycles. The molecular weight excluding hydrogens is 424 g/mol. The summed E-state index contributed by atoms with van der Waals surface area (Å²) in [6.07, 6.45) is 0. The third-order valence-electron chi connectivity index (χ3n) is 4.25. The van der Waals surface area contributed by atoms with Gasteiger partial charge in [-0.3, -0.25) is 19.7 Å². The lowest BCUT2D eigenvalue weighted by Crippen LogP contribution is -2.23. The average molecular weight is 441 g/mol. The fourth-order valence-corrected chi connectivity index (χ4v) is 3.02. The first-order valence-electron chi connectivity index (χ1n) is 9.17. The van der Waals surface area contributed by atoms with Gasteiger partial charge in [-0.1, -0.05) is 11.6 Å². The molecular formula is C21H17ClN4O5. The second-order valence-electron chi connectivity index (χ2n) is 6.38. The van der Waals surface area contributed by atoms with Gasteiger partial charge < -0.3 is 4.74 Å². The van der Waals surface area contributed by atoms with Crippen LogP contribution < -0.4 is 10.2 Å². The van der Waals surface area contributed by atoms with E-state index < -0.39 is 16.6 Å². The van der Waals surface area contributed by atoms with Gasteiger partial charge in [0.15, 0.2) is 5.78 Å². The number of carbonyl (C=O) groups is 2. The van der Waals surface area contributed by atoms with E-state index in [1.54, 1.807) is 24.3 Å². The molecule has 9 nitrogen and oxygen atoms in total. The minimum absolute atomic E-state index is 0.0414.